The maximum Gasteiger partial charge on any atom is 0.209 e. The molecule has 0 saturated heterocycles. The largest absolute Gasteiger partial charge is 0.359 e. The number of hydrogen-bond donors (Lipinski definition) is 1. The van der Waals surface area contributed by atoms with Crippen molar-refractivity contribution in [2.75, 3.05) is 0 Å². The van der Waals surface area contributed by atoms with Gasteiger partial charge in [0.05, 0.1) is 5.69 Å². The minimum Gasteiger partial charge on any atom is -0.359 e. The van der Waals surface area contributed by atoms with Gasteiger partial charge in [-0.05, 0) is 12.1 Å². The third-order valence-corrected chi connectivity index (χ3v) is 1.88. The fourth-order valence-electron chi connectivity index (χ4n) is 1.22. The van der Waals surface area contributed by atoms with Crippen molar-refractivity contribution in [1.29, 1.82) is 0 Å². The van der Waals surface area contributed by atoms with Gasteiger partial charge in [-0.2, -0.15) is 0 Å². The monoisotopic (exact) mass is 231 g/mol. The van der Waals surface area contributed by atoms with Crippen LogP contribution in [0.3, 0.4) is 0 Å². The van der Waals surface area contributed by atoms with Crippen molar-refractivity contribution in [1.82, 2.24) is 4.98 Å². The van der Waals surface area contributed by atoms with Crippen LogP contribution in [0.15, 0.2) is 48.7 Å². The van der Waals surface area contributed by atoms with Crippen molar-refractivity contribution < 1.29 is 4.79 Å². The van der Waals surface area contributed by atoms with Gasteiger partial charge in [0.2, 0.25) is 5.78 Å². The lowest BCUT2D eigenvalue weighted by Crippen LogP contribution is -2.00. The van der Waals surface area contributed by atoms with Gasteiger partial charge in [0.15, 0.2) is 0 Å². The highest BCUT2D eigenvalue weighted by Gasteiger charge is 2.07. The Morgan fingerprint density at radius 3 is 1.94 bits per heavy atom. The number of carbonyl (C=O) groups is 1. The van der Waals surface area contributed by atoms with E-state index in [0.29, 0.717) is 11.3 Å². The molecule has 0 spiro atoms. The SMILES string of the molecule is CC.CC.O=C(c1ccccc1)c1ccc[nH]1. The van der Waals surface area contributed by atoms with E-state index in [-0.39, 0.29) is 5.78 Å². The average Bonchev–Trinajstić information content (AvgIpc) is 2.97. The summed E-state index contributed by atoms with van der Waals surface area (Å²) in [6.07, 6.45) is 1.75. The van der Waals surface area contributed by atoms with E-state index in [0.717, 1.165) is 0 Å². The molecule has 0 saturated carbocycles. The number of H-pyrrole nitrogens is 1. The van der Waals surface area contributed by atoms with Crippen LogP contribution in [0.5, 0.6) is 0 Å². The lowest BCUT2D eigenvalue weighted by atomic mass is 10.1. The molecule has 0 radical (unpaired) electrons. The molecule has 0 bridgehead atoms. The fourth-order valence-corrected chi connectivity index (χ4v) is 1.22. The summed E-state index contributed by atoms with van der Waals surface area (Å²) in [5.41, 5.74) is 1.34. The Balaban J connectivity index is 0.000000581. The molecular weight excluding hydrogens is 210 g/mol. The van der Waals surface area contributed by atoms with Crippen LogP contribution in [0.2, 0.25) is 0 Å². The maximum atomic E-state index is 11.7. The van der Waals surface area contributed by atoms with Gasteiger partial charge in [-0.15, -0.1) is 0 Å². The Hall–Kier alpha value is -1.83. The van der Waals surface area contributed by atoms with E-state index in [1.165, 1.54) is 0 Å². The number of aromatic nitrogens is 1. The molecule has 1 N–H and O–H groups in total. The molecule has 0 aliphatic heterocycles. The predicted molar refractivity (Wildman–Crippen MR) is 73.4 cm³/mol. The van der Waals surface area contributed by atoms with Crippen LogP contribution in [0.1, 0.15) is 43.7 Å². The summed E-state index contributed by atoms with van der Waals surface area (Å²) < 4.78 is 0. The third kappa shape index (κ3) is 4.68. The number of nitrogens with one attached hydrogen (secondary N) is 1. The van der Waals surface area contributed by atoms with Crippen molar-refractivity contribution >= 4 is 5.78 Å². The highest BCUT2D eigenvalue weighted by Crippen LogP contribution is 2.06. The molecule has 0 unspecified atom stereocenters. The van der Waals surface area contributed by atoms with Gasteiger partial charge in [-0.3, -0.25) is 4.79 Å². The summed E-state index contributed by atoms with van der Waals surface area (Å²) in [5, 5.41) is 0. The number of ketones is 1. The molecule has 0 aliphatic rings. The molecule has 2 aromatic rings. The molecule has 0 atom stereocenters. The minimum atomic E-state index is 0.0330. The van der Waals surface area contributed by atoms with Crippen molar-refractivity contribution in [3.63, 3.8) is 0 Å². The number of aromatic amines is 1. The first-order chi connectivity index (χ1) is 8.38. The number of rotatable bonds is 2. The predicted octanol–water partition coefficient (Wildman–Crippen LogP) is 4.30. The van der Waals surface area contributed by atoms with Gasteiger partial charge >= 0.3 is 0 Å². The average molecular weight is 231 g/mol. The Bertz CT molecular complexity index is 390. The van der Waals surface area contributed by atoms with E-state index >= 15 is 0 Å². The number of carbonyl (C=O) groups excluding carboxylic acids is 1. The molecule has 2 rings (SSSR count). The van der Waals surface area contributed by atoms with Crippen molar-refractivity contribution in [3.05, 3.63) is 59.9 Å². The summed E-state index contributed by atoms with van der Waals surface area (Å²) in [6.45, 7) is 8.00. The van der Waals surface area contributed by atoms with Crippen LogP contribution in [0.4, 0.5) is 0 Å². The molecule has 0 fully saturated rings. The van der Waals surface area contributed by atoms with Crippen LogP contribution >= 0.6 is 0 Å². The second-order valence-electron chi connectivity index (χ2n) is 2.78. The number of hydrogen-bond acceptors (Lipinski definition) is 1. The van der Waals surface area contributed by atoms with E-state index in [2.05, 4.69) is 4.98 Å². The van der Waals surface area contributed by atoms with Crippen LogP contribution in [-0.2, 0) is 0 Å². The highest BCUT2D eigenvalue weighted by molar-refractivity contribution is 6.07. The normalized spacial score (nSPS) is 8.24. The smallest absolute Gasteiger partial charge is 0.209 e. The van der Waals surface area contributed by atoms with E-state index in [4.69, 9.17) is 0 Å². The zero-order chi connectivity index (χ0) is 13.1. The molecule has 2 nitrogen and oxygen atoms in total. The standard InChI is InChI=1S/C11H9NO.2C2H6/c13-11(10-7-4-8-12-10)9-5-2-1-3-6-9;2*1-2/h1-8,12H;2*1-2H3. The van der Waals surface area contributed by atoms with Gasteiger partial charge in [-0.25, -0.2) is 0 Å². The van der Waals surface area contributed by atoms with Crippen LogP contribution in [0, 0.1) is 0 Å². The highest BCUT2D eigenvalue weighted by atomic mass is 16.1. The lowest BCUT2D eigenvalue weighted by molar-refractivity contribution is 0.103. The van der Waals surface area contributed by atoms with Gasteiger partial charge in [0, 0.05) is 11.8 Å². The van der Waals surface area contributed by atoms with Gasteiger partial charge in [0.1, 0.15) is 0 Å². The molecule has 1 heterocycles. The zero-order valence-corrected chi connectivity index (χ0v) is 11.0. The third-order valence-electron chi connectivity index (χ3n) is 1.88. The topological polar surface area (TPSA) is 32.9 Å². The second kappa shape index (κ2) is 9.40. The summed E-state index contributed by atoms with van der Waals surface area (Å²) in [6, 6.07) is 12.8. The van der Waals surface area contributed by atoms with Crippen LogP contribution < -0.4 is 0 Å². The minimum absolute atomic E-state index is 0.0330. The molecule has 2 heteroatoms. The zero-order valence-electron chi connectivity index (χ0n) is 11.0. The number of benzene rings is 1. The van der Waals surface area contributed by atoms with Crippen LogP contribution in [0.25, 0.3) is 0 Å². The van der Waals surface area contributed by atoms with Crippen molar-refractivity contribution in [3.8, 4) is 0 Å². The first kappa shape index (κ1) is 15.2. The fraction of sp³-hybridized carbons (Fsp3) is 0.267. The Morgan fingerprint density at radius 1 is 0.882 bits per heavy atom. The van der Waals surface area contributed by atoms with Gasteiger partial charge in [0.25, 0.3) is 0 Å². The molecule has 92 valence electrons. The molecule has 0 amide bonds. The molecule has 1 aromatic heterocycles. The Kier molecular flexibility index (Phi) is 8.39. The van der Waals surface area contributed by atoms with Crippen molar-refractivity contribution in [2.45, 2.75) is 27.7 Å². The summed E-state index contributed by atoms with van der Waals surface area (Å²) >= 11 is 0. The van der Waals surface area contributed by atoms with E-state index in [9.17, 15) is 4.79 Å². The first-order valence-electron chi connectivity index (χ1n) is 6.11. The second-order valence-corrected chi connectivity index (χ2v) is 2.78. The van der Waals surface area contributed by atoms with Gasteiger partial charge in [-0.1, -0.05) is 58.0 Å². The van der Waals surface area contributed by atoms with E-state index in [1.807, 2.05) is 64.1 Å². The van der Waals surface area contributed by atoms with Gasteiger partial charge < -0.3 is 4.98 Å². The maximum absolute atomic E-state index is 11.7. The first-order valence-corrected chi connectivity index (χ1v) is 6.11. The molecule has 17 heavy (non-hydrogen) atoms. The van der Waals surface area contributed by atoms with Crippen molar-refractivity contribution in [2.24, 2.45) is 0 Å². The van der Waals surface area contributed by atoms with E-state index < -0.39 is 0 Å². The molecule has 1 aromatic carbocycles. The summed E-state index contributed by atoms with van der Waals surface area (Å²) in [4.78, 5) is 14.6. The van der Waals surface area contributed by atoms with Crippen LogP contribution in [-0.4, -0.2) is 10.8 Å². The molecular formula is C15H21NO. The quantitative estimate of drug-likeness (QED) is 0.768. The summed E-state index contributed by atoms with van der Waals surface area (Å²) in [5.74, 6) is 0.0330. The Labute approximate surface area is 104 Å². The lowest BCUT2D eigenvalue weighted by Gasteiger charge is -1.96. The molecule has 0 aliphatic carbocycles. The summed E-state index contributed by atoms with van der Waals surface area (Å²) in [7, 11) is 0. The van der Waals surface area contributed by atoms with E-state index in [1.54, 1.807) is 12.3 Å². The Morgan fingerprint density at radius 2 is 1.47 bits per heavy atom.